The van der Waals surface area contributed by atoms with Gasteiger partial charge in [-0.3, -0.25) is 4.68 Å². The van der Waals surface area contributed by atoms with Gasteiger partial charge in [-0.25, -0.2) is 0 Å². The first kappa shape index (κ1) is 14.8. The van der Waals surface area contributed by atoms with Crippen LogP contribution in [-0.4, -0.2) is 9.78 Å². The Bertz CT molecular complexity index is 540. The zero-order valence-corrected chi connectivity index (χ0v) is 13.0. The Kier molecular flexibility index (Phi) is 4.96. The van der Waals surface area contributed by atoms with Crippen LogP contribution in [0.3, 0.4) is 0 Å². The van der Waals surface area contributed by atoms with Gasteiger partial charge in [0.15, 0.2) is 0 Å². The van der Waals surface area contributed by atoms with Gasteiger partial charge in [0.25, 0.3) is 0 Å². The first-order valence-electron chi connectivity index (χ1n) is 7.49. The summed E-state index contributed by atoms with van der Waals surface area (Å²) in [4.78, 5) is 0. The lowest BCUT2D eigenvalue weighted by atomic mass is 10.1. The predicted molar refractivity (Wildman–Crippen MR) is 83.7 cm³/mol. The van der Waals surface area contributed by atoms with Gasteiger partial charge < -0.3 is 5.32 Å². The highest BCUT2D eigenvalue weighted by molar-refractivity contribution is 5.23. The van der Waals surface area contributed by atoms with Gasteiger partial charge in [-0.1, -0.05) is 31.2 Å². The van der Waals surface area contributed by atoms with Crippen molar-refractivity contribution in [1.82, 2.24) is 15.1 Å². The SMILES string of the molecule is CCc1ccc(CNC(C)c2cnn(CC)c2C)cc1. The van der Waals surface area contributed by atoms with Gasteiger partial charge in [-0.2, -0.15) is 5.10 Å². The van der Waals surface area contributed by atoms with Crippen molar-refractivity contribution in [2.24, 2.45) is 0 Å². The third kappa shape index (κ3) is 3.28. The minimum absolute atomic E-state index is 0.321. The van der Waals surface area contributed by atoms with Crippen molar-refractivity contribution in [1.29, 1.82) is 0 Å². The monoisotopic (exact) mass is 271 g/mol. The third-order valence-corrected chi connectivity index (χ3v) is 3.95. The van der Waals surface area contributed by atoms with Gasteiger partial charge in [0.1, 0.15) is 0 Å². The lowest BCUT2D eigenvalue weighted by Gasteiger charge is -2.14. The summed E-state index contributed by atoms with van der Waals surface area (Å²) in [5.41, 5.74) is 5.27. The molecule has 1 unspecified atom stereocenters. The van der Waals surface area contributed by atoms with Gasteiger partial charge in [-0.05, 0) is 38.3 Å². The van der Waals surface area contributed by atoms with E-state index in [-0.39, 0.29) is 0 Å². The molecule has 0 aliphatic carbocycles. The molecule has 0 saturated carbocycles. The van der Waals surface area contributed by atoms with Crippen LogP contribution >= 0.6 is 0 Å². The van der Waals surface area contributed by atoms with E-state index < -0.39 is 0 Å². The molecule has 1 N–H and O–H groups in total. The number of hydrogen-bond acceptors (Lipinski definition) is 2. The molecule has 0 bridgehead atoms. The van der Waals surface area contributed by atoms with Gasteiger partial charge in [0.2, 0.25) is 0 Å². The summed E-state index contributed by atoms with van der Waals surface area (Å²) in [6.07, 6.45) is 3.08. The van der Waals surface area contributed by atoms with Crippen molar-refractivity contribution in [3.63, 3.8) is 0 Å². The molecule has 0 fully saturated rings. The lowest BCUT2D eigenvalue weighted by molar-refractivity contribution is 0.567. The fourth-order valence-electron chi connectivity index (χ4n) is 2.48. The molecule has 1 heterocycles. The summed E-state index contributed by atoms with van der Waals surface area (Å²) in [6.45, 7) is 10.5. The van der Waals surface area contributed by atoms with Crippen LogP contribution in [0.1, 0.15) is 49.2 Å². The minimum Gasteiger partial charge on any atom is -0.306 e. The lowest BCUT2D eigenvalue weighted by Crippen LogP contribution is -2.18. The molecule has 1 atom stereocenters. The van der Waals surface area contributed by atoms with Crippen LogP contribution in [0.4, 0.5) is 0 Å². The molecule has 0 aliphatic heterocycles. The number of aryl methyl sites for hydroxylation is 2. The van der Waals surface area contributed by atoms with Gasteiger partial charge in [0.05, 0.1) is 6.20 Å². The van der Waals surface area contributed by atoms with Crippen molar-refractivity contribution in [2.45, 2.75) is 53.2 Å². The van der Waals surface area contributed by atoms with Gasteiger partial charge in [-0.15, -0.1) is 0 Å². The number of aromatic nitrogens is 2. The quantitative estimate of drug-likeness (QED) is 0.869. The first-order chi connectivity index (χ1) is 9.65. The maximum absolute atomic E-state index is 4.41. The number of nitrogens with one attached hydrogen (secondary N) is 1. The summed E-state index contributed by atoms with van der Waals surface area (Å²) in [5.74, 6) is 0. The Balaban J connectivity index is 1.97. The highest BCUT2D eigenvalue weighted by Crippen LogP contribution is 2.17. The Morgan fingerprint density at radius 2 is 1.80 bits per heavy atom. The Hall–Kier alpha value is -1.61. The van der Waals surface area contributed by atoms with Gasteiger partial charge in [0, 0.05) is 30.4 Å². The van der Waals surface area contributed by atoms with E-state index in [1.807, 2.05) is 10.9 Å². The summed E-state index contributed by atoms with van der Waals surface area (Å²) in [6, 6.07) is 9.16. The highest BCUT2D eigenvalue weighted by Gasteiger charge is 2.12. The number of rotatable bonds is 6. The van der Waals surface area contributed by atoms with E-state index >= 15 is 0 Å². The second-order valence-corrected chi connectivity index (χ2v) is 5.27. The number of benzene rings is 1. The molecule has 1 aromatic heterocycles. The fourth-order valence-corrected chi connectivity index (χ4v) is 2.48. The molecule has 3 nitrogen and oxygen atoms in total. The van der Waals surface area contributed by atoms with Crippen molar-refractivity contribution < 1.29 is 0 Å². The van der Waals surface area contributed by atoms with E-state index in [0.717, 1.165) is 19.5 Å². The van der Waals surface area contributed by atoms with Crippen LogP contribution in [0.2, 0.25) is 0 Å². The molecule has 108 valence electrons. The van der Waals surface area contributed by atoms with E-state index in [2.05, 4.69) is 62.4 Å². The Labute approximate surface area is 122 Å². The average molecular weight is 271 g/mol. The van der Waals surface area contributed by atoms with Crippen molar-refractivity contribution in [2.75, 3.05) is 0 Å². The fraction of sp³-hybridized carbons (Fsp3) is 0.471. The Morgan fingerprint density at radius 3 is 2.35 bits per heavy atom. The van der Waals surface area contributed by atoms with Crippen LogP contribution in [0, 0.1) is 6.92 Å². The smallest absolute Gasteiger partial charge is 0.0540 e. The molecule has 3 heteroatoms. The molecule has 20 heavy (non-hydrogen) atoms. The highest BCUT2D eigenvalue weighted by atomic mass is 15.3. The average Bonchev–Trinajstić information content (AvgIpc) is 2.86. The summed E-state index contributed by atoms with van der Waals surface area (Å²) in [5, 5.41) is 7.99. The van der Waals surface area contributed by atoms with E-state index in [1.165, 1.54) is 22.4 Å². The largest absolute Gasteiger partial charge is 0.306 e. The van der Waals surface area contributed by atoms with E-state index in [4.69, 9.17) is 0 Å². The molecule has 0 amide bonds. The number of hydrogen-bond donors (Lipinski definition) is 1. The van der Waals surface area contributed by atoms with Crippen molar-refractivity contribution >= 4 is 0 Å². The van der Waals surface area contributed by atoms with Crippen LogP contribution in [0.5, 0.6) is 0 Å². The van der Waals surface area contributed by atoms with Crippen molar-refractivity contribution in [3.05, 3.63) is 52.8 Å². The van der Waals surface area contributed by atoms with Crippen molar-refractivity contribution in [3.8, 4) is 0 Å². The molecule has 0 saturated heterocycles. The molecule has 2 rings (SSSR count). The zero-order valence-electron chi connectivity index (χ0n) is 13.0. The van der Waals surface area contributed by atoms with Gasteiger partial charge >= 0.3 is 0 Å². The standard InChI is InChI=1S/C17H25N3/c1-5-15-7-9-16(10-8-15)11-18-13(3)17-12-19-20(6-2)14(17)4/h7-10,12-13,18H,5-6,11H2,1-4H3. The summed E-state index contributed by atoms with van der Waals surface area (Å²) < 4.78 is 2.05. The predicted octanol–water partition coefficient (Wildman–Crippen LogP) is 3.62. The van der Waals surface area contributed by atoms with Crippen LogP contribution in [-0.2, 0) is 19.5 Å². The van der Waals surface area contributed by atoms with E-state index in [9.17, 15) is 0 Å². The summed E-state index contributed by atoms with van der Waals surface area (Å²) in [7, 11) is 0. The maximum Gasteiger partial charge on any atom is 0.0540 e. The molecule has 0 aliphatic rings. The van der Waals surface area contributed by atoms with E-state index in [1.54, 1.807) is 0 Å². The number of nitrogens with zero attached hydrogens (tertiary/aromatic N) is 2. The van der Waals surface area contributed by atoms with Crippen LogP contribution in [0.15, 0.2) is 30.5 Å². The maximum atomic E-state index is 4.41. The molecule has 2 aromatic rings. The third-order valence-electron chi connectivity index (χ3n) is 3.95. The Morgan fingerprint density at radius 1 is 1.15 bits per heavy atom. The van der Waals surface area contributed by atoms with E-state index in [0.29, 0.717) is 6.04 Å². The minimum atomic E-state index is 0.321. The zero-order chi connectivity index (χ0) is 14.5. The van der Waals surface area contributed by atoms with Crippen LogP contribution < -0.4 is 5.32 Å². The molecule has 1 aromatic carbocycles. The summed E-state index contributed by atoms with van der Waals surface area (Å²) >= 11 is 0. The molecular formula is C17H25N3. The molecule has 0 radical (unpaired) electrons. The first-order valence-corrected chi connectivity index (χ1v) is 7.49. The van der Waals surface area contributed by atoms with Crippen LogP contribution in [0.25, 0.3) is 0 Å². The second-order valence-electron chi connectivity index (χ2n) is 5.27. The topological polar surface area (TPSA) is 29.9 Å². The second kappa shape index (κ2) is 6.71. The molecule has 0 spiro atoms. The molecular weight excluding hydrogens is 246 g/mol. The normalized spacial score (nSPS) is 12.6.